The second-order valence-corrected chi connectivity index (χ2v) is 9.11. The summed E-state index contributed by atoms with van der Waals surface area (Å²) in [6, 6.07) is 9.74. The van der Waals surface area contributed by atoms with Gasteiger partial charge in [-0.05, 0) is 36.1 Å². The third-order valence-electron chi connectivity index (χ3n) is 3.85. The molecule has 128 valence electrons. The number of rotatable bonds is 3. The Bertz CT molecular complexity index is 839. The van der Waals surface area contributed by atoms with Gasteiger partial charge in [0.05, 0.1) is 6.04 Å². The van der Waals surface area contributed by atoms with Crippen molar-refractivity contribution in [3.63, 3.8) is 0 Å². The van der Waals surface area contributed by atoms with E-state index >= 15 is 0 Å². The Morgan fingerprint density at radius 1 is 1.38 bits per heavy atom. The molecule has 2 N–H and O–H groups in total. The van der Waals surface area contributed by atoms with Gasteiger partial charge in [-0.3, -0.25) is 4.79 Å². The van der Waals surface area contributed by atoms with Gasteiger partial charge in [0, 0.05) is 22.1 Å². The number of hydrogen-bond acceptors (Lipinski definition) is 4. The topological polar surface area (TPSA) is 78.5 Å². The number of hydrogen-bond donors (Lipinski definition) is 2. The molecule has 0 aliphatic carbocycles. The molecular weight excluding hydrogens is 414 g/mol. The van der Waals surface area contributed by atoms with Gasteiger partial charge in [0.2, 0.25) is 5.91 Å². The molecule has 0 bridgehead atoms. The smallest absolute Gasteiger partial charge is 0.280 e. The number of nitrogens with zero attached hydrogens (tertiary/aromatic N) is 1. The average molecular weight is 430 g/mol. The number of carbonyl (C=O) groups excluding carboxylic acids is 1. The van der Waals surface area contributed by atoms with Gasteiger partial charge < -0.3 is 5.32 Å². The molecule has 0 radical (unpaired) electrons. The first-order valence-electron chi connectivity index (χ1n) is 7.22. The summed E-state index contributed by atoms with van der Waals surface area (Å²) in [6.07, 6.45) is 0.371. The van der Waals surface area contributed by atoms with Crippen molar-refractivity contribution in [2.24, 2.45) is 0 Å². The minimum absolute atomic E-state index is 0.345. The van der Waals surface area contributed by atoms with Gasteiger partial charge in [0.1, 0.15) is 6.04 Å². The Balaban J connectivity index is 1.83. The van der Waals surface area contributed by atoms with Crippen molar-refractivity contribution >= 4 is 49.1 Å². The minimum Gasteiger partial charge on any atom is -0.325 e. The van der Waals surface area contributed by atoms with Crippen LogP contribution < -0.4 is 10.0 Å². The maximum atomic E-state index is 12.6. The van der Waals surface area contributed by atoms with Gasteiger partial charge in [-0.2, -0.15) is 17.4 Å². The van der Waals surface area contributed by atoms with E-state index in [4.69, 9.17) is 0 Å². The van der Waals surface area contributed by atoms with Crippen LogP contribution in [0.1, 0.15) is 17.3 Å². The van der Waals surface area contributed by atoms with E-state index in [1.165, 1.54) is 18.4 Å². The van der Waals surface area contributed by atoms with Crippen molar-refractivity contribution in [3.05, 3.63) is 51.1 Å². The summed E-state index contributed by atoms with van der Waals surface area (Å²) < 4.78 is 29.2. The standard InChI is InChI=1S/C15H16BrN3O3S2/c1-19-13(15(20)17-11-5-2-4-10(16)8-11)9-12(18-24(19,21)22)14-6-3-7-23-14/h2-8,12-13,18H,9H2,1H3,(H,17,20)/t12-,13+/m1/s1. The normalized spacial score (nSPS) is 23.8. The van der Waals surface area contributed by atoms with E-state index in [-0.39, 0.29) is 5.91 Å². The number of amides is 1. The Morgan fingerprint density at radius 2 is 2.17 bits per heavy atom. The molecule has 9 heteroatoms. The zero-order chi connectivity index (χ0) is 17.3. The number of benzene rings is 1. The van der Waals surface area contributed by atoms with E-state index in [0.29, 0.717) is 12.1 Å². The lowest BCUT2D eigenvalue weighted by Crippen LogP contribution is -2.55. The highest BCUT2D eigenvalue weighted by Gasteiger charge is 2.40. The lowest BCUT2D eigenvalue weighted by molar-refractivity contribution is -0.120. The molecule has 1 aromatic carbocycles. The SMILES string of the molecule is CN1[C@H](C(=O)Nc2cccc(Br)c2)C[C@H](c2cccs2)NS1(=O)=O. The highest BCUT2D eigenvalue weighted by atomic mass is 79.9. The summed E-state index contributed by atoms with van der Waals surface area (Å²) in [5.74, 6) is -0.345. The minimum atomic E-state index is -3.71. The maximum absolute atomic E-state index is 12.6. The van der Waals surface area contributed by atoms with E-state index in [1.807, 2.05) is 23.6 Å². The number of carbonyl (C=O) groups is 1. The second kappa shape index (κ2) is 6.93. The van der Waals surface area contributed by atoms with Crippen LogP contribution in [0.4, 0.5) is 5.69 Å². The van der Waals surface area contributed by atoms with Crippen molar-refractivity contribution in [2.45, 2.75) is 18.5 Å². The quantitative estimate of drug-likeness (QED) is 0.786. The van der Waals surface area contributed by atoms with E-state index in [9.17, 15) is 13.2 Å². The summed E-state index contributed by atoms with van der Waals surface area (Å²) in [4.78, 5) is 13.5. The molecule has 1 aliphatic heterocycles. The lowest BCUT2D eigenvalue weighted by atomic mass is 10.1. The molecule has 3 rings (SSSR count). The first-order chi connectivity index (χ1) is 11.4. The van der Waals surface area contributed by atoms with Gasteiger partial charge in [-0.15, -0.1) is 11.3 Å². The molecule has 1 saturated heterocycles. The van der Waals surface area contributed by atoms with E-state index < -0.39 is 22.3 Å². The fourth-order valence-corrected chi connectivity index (χ4v) is 5.11. The van der Waals surface area contributed by atoms with Crippen LogP contribution in [0.5, 0.6) is 0 Å². The van der Waals surface area contributed by atoms with Crippen LogP contribution in [0.15, 0.2) is 46.3 Å². The first kappa shape index (κ1) is 17.6. The molecule has 2 aromatic rings. The van der Waals surface area contributed by atoms with Crippen LogP contribution in [0.25, 0.3) is 0 Å². The molecule has 1 aromatic heterocycles. The summed E-state index contributed by atoms with van der Waals surface area (Å²) in [5.41, 5.74) is 0.617. The molecule has 1 amide bonds. The maximum Gasteiger partial charge on any atom is 0.280 e. The van der Waals surface area contributed by atoms with Crippen LogP contribution in [-0.4, -0.2) is 31.7 Å². The third kappa shape index (κ3) is 3.70. The molecule has 24 heavy (non-hydrogen) atoms. The van der Waals surface area contributed by atoms with Crippen LogP contribution >= 0.6 is 27.3 Å². The summed E-state index contributed by atoms with van der Waals surface area (Å²) in [6.45, 7) is 0. The van der Waals surface area contributed by atoms with Gasteiger partial charge in [0.25, 0.3) is 10.2 Å². The number of thiophene rings is 1. The fraction of sp³-hybridized carbons (Fsp3) is 0.267. The monoisotopic (exact) mass is 429 g/mol. The molecule has 2 atom stereocenters. The highest BCUT2D eigenvalue weighted by molar-refractivity contribution is 9.10. The van der Waals surface area contributed by atoms with Gasteiger partial charge in [-0.1, -0.05) is 28.1 Å². The van der Waals surface area contributed by atoms with E-state index in [0.717, 1.165) is 13.7 Å². The van der Waals surface area contributed by atoms with Crippen LogP contribution in [0.2, 0.25) is 0 Å². The number of nitrogens with one attached hydrogen (secondary N) is 2. The number of halogens is 1. The largest absolute Gasteiger partial charge is 0.325 e. The van der Waals surface area contributed by atoms with Gasteiger partial charge in [0.15, 0.2) is 0 Å². The number of anilines is 1. The molecule has 0 saturated carbocycles. The summed E-state index contributed by atoms with van der Waals surface area (Å²) in [5, 5.41) is 4.67. The third-order valence-corrected chi connectivity index (χ3v) is 6.92. The number of likely N-dealkylation sites (N-methyl/N-ethyl adjacent to an activating group) is 1. The van der Waals surface area contributed by atoms with Gasteiger partial charge in [-0.25, -0.2) is 0 Å². The molecule has 6 nitrogen and oxygen atoms in total. The summed E-state index contributed by atoms with van der Waals surface area (Å²) in [7, 11) is -2.30. The fourth-order valence-electron chi connectivity index (χ4n) is 2.58. The van der Waals surface area contributed by atoms with Crippen LogP contribution in [-0.2, 0) is 15.0 Å². The second-order valence-electron chi connectivity index (χ2n) is 5.46. The molecular formula is C15H16BrN3O3S2. The Hall–Kier alpha value is -1.26. The predicted octanol–water partition coefficient (Wildman–Crippen LogP) is 2.73. The molecule has 0 unspecified atom stereocenters. The van der Waals surface area contributed by atoms with Crippen molar-refractivity contribution in [1.82, 2.24) is 9.03 Å². The van der Waals surface area contributed by atoms with Crippen molar-refractivity contribution in [1.29, 1.82) is 0 Å². The predicted molar refractivity (Wildman–Crippen MR) is 98.1 cm³/mol. The van der Waals surface area contributed by atoms with Crippen LogP contribution in [0.3, 0.4) is 0 Å². The highest BCUT2D eigenvalue weighted by Crippen LogP contribution is 2.30. The van der Waals surface area contributed by atoms with E-state index in [1.54, 1.807) is 18.2 Å². The Kier molecular flexibility index (Phi) is 5.07. The van der Waals surface area contributed by atoms with Crippen molar-refractivity contribution in [2.75, 3.05) is 12.4 Å². The molecule has 2 heterocycles. The van der Waals surface area contributed by atoms with Gasteiger partial charge >= 0.3 is 0 Å². The average Bonchev–Trinajstić information content (AvgIpc) is 3.04. The molecule has 1 fully saturated rings. The molecule has 0 spiro atoms. The van der Waals surface area contributed by atoms with Crippen molar-refractivity contribution in [3.8, 4) is 0 Å². The Morgan fingerprint density at radius 3 is 2.83 bits per heavy atom. The summed E-state index contributed by atoms with van der Waals surface area (Å²) >= 11 is 4.82. The lowest BCUT2D eigenvalue weighted by Gasteiger charge is -2.35. The van der Waals surface area contributed by atoms with E-state index in [2.05, 4.69) is 26.0 Å². The zero-order valence-electron chi connectivity index (χ0n) is 12.8. The Labute approximate surface area is 153 Å². The zero-order valence-corrected chi connectivity index (χ0v) is 16.0. The first-order valence-corrected chi connectivity index (χ1v) is 10.3. The van der Waals surface area contributed by atoms with Crippen LogP contribution in [0, 0.1) is 0 Å². The molecule has 1 aliphatic rings. The van der Waals surface area contributed by atoms with Crippen molar-refractivity contribution < 1.29 is 13.2 Å².